The van der Waals surface area contributed by atoms with Crippen molar-refractivity contribution >= 4 is 6.29 Å². The van der Waals surface area contributed by atoms with E-state index in [9.17, 15) is 4.79 Å². The van der Waals surface area contributed by atoms with Crippen molar-refractivity contribution in [2.24, 2.45) is 0 Å². The van der Waals surface area contributed by atoms with Crippen LogP contribution in [0.4, 0.5) is 0 Å². The molecule has 0 aliphatic rings. The van der Waals surface area contributed by atoms with E-state index in [1.54, 1.807) is 0 Å². The first kappa shape index (κ1) is 10.5. The molecular formula is C6H12O5. The third-order valence-electron chi connectivity index (χ3n) is 1.33. The van der Waals surface area contributed by atoms with Crippen LogP contribution in [0.1, 0.15) is 6.92 Å². The molecule has 0 saturated heterocycles. The van der Waals surface area contributed by atoms with Crippen LogP contribution in [0.5, 0.6) is 0 Å². The number of carbonyl (C=O) groups is 1. The van der Waals surface area contributed by atoms with Gasteiger partial charge in [0.2, 0.25) is 0 Å². The van der Waals surface area contributed by atoms with Crippen molar-refractivity contribution in [3.63, 3.8) is 0 Å². The van der Waals surface area contributed by atoms with Gasteiger partial charge >= 0.3 is 0 Å². The van der Waals surface area contributed by atoms with Crippen molar-refractivity contribution < 1.29 is 25.2 Å². The molecule has 5 nitrogen and oxygen atoms in total. The second-order valence-electron chi connectivity index (χ2n) is 2.35. The Morgan fingerprint density at radius 2 is 1.55 bits per heavy atom. The van der Waals surface area contributed by atoms with Gasteiger partial charge in [0, 0.05) is 0 Å². The maximum Gasteiger partial charge on any atom is 0.151 e. The Labute approximate surface area is 63.9 Å². The Morgan fingerprint density at radius 3 is 1.82 bits per heavy atom. The van der Waals surface area contributed by atoms with Gasteiger partial charge in [-0.1, -0.05) is 0 Å². The lowest BCUT2D eigenvalue weighted by atomic mass is 10.2. The standard InChI is InChI=1S/C6H12O5/c1-3(8)5(10)6(11)4(9)2-7/h2-6,8-11H,1H3/t3-,4+,5+,6-/m0/s1/i4+1. The monoisotopic (exact) mass is 165 g/mol. The Hall–Kier alpha value is -0.490. The van der Waals surface area contributed by atoms with Crippen LogP contribution in [-0.4, -0.2) is 51.1 Å². The van der Waals surface area contributed by atoms with Gasteiger partial charge in [-0.05, 0) is 6.92 Å². The maximum absolute atomic E-state index is 9.87. The lowest BCUT2D eigenvalue weighted by Gasteiger charge is -2.21. The number of aliphatic hydroxyl groups is 4. The van der Waals surface area contributed by atoms with Crippen LogP contribution in [-0.2, 0) is 4.79 Å². The number of carbonyl (C=O) groups excluding carboxylic acids is 1. The fourth-order valence-corrected chi connectivity index (χ4v) is 0.568. The minimum atomic E-state index is -1.65. The highest BCUT2D eigenvalue weighted by molar-refractivity contribution is 5.56. The molecule has 0 bridgehead atoms. The predicted molar refractivity (Wildman–Crippen MR) is 35.8 cm³/mol. The summed E-state index contributed by atoms with van der Waals surface area (Å²) in [7, 11) is 0. The second kappa shape index (κ2) is 4.40. The highest BCUT2D eigenvalue weighted by Crippen LogP contribution is 2.02. The Bertz CT molecular complexity index is 124. The Balaban J connectivity index is 4.00. The zero-order valence-corrected chi connectivity index (χ0v) is 6.08. The SMILES string of the molecule is C[C@H](O)[C@@H](O)[C@@H](O)[13C@H](O)C=O. The van der Waals surface area contributed by atoms with Gasteiger partial charge in [-0.3, -0.25) is 0 Å². The zero-order chi connectivity index (χ0) is 9.02. The van der Waals surface area contributed by atoms with Gasteiger partial charge in [-0.15, -0.1) is 0 Å². The molecule has 0 aromatic rings. The van der Waals surface area contributed by atoms with Gasteiger partial charge in [0.25, 0.3) is 0 Å². The molecule has 4 atom stereocenters. The molecule has 0 fully saturated rings. The van der Waals surface area contributed by atoms with Gasteiger partial charge in [-0.2, -0.15) is 0 Å². The van der Waals surface area contributed by atoms with Crippen LogP contribution in [0.2, 0.25) is 0 Å². The summed E-state index contributed by atoms with van der Waals surface area (Å²) in [5.41, 5.74) is 0. The van der Waals surface area contributed by atoms with Crippen LogP contribution >= 0.6 is 0 Å². The fourth-order valence-electron chi connectivity index (χ4n) is 0.568. The first-order valence-corrected chi connectivity index (χ1v) is 3.18. The molecule has 11 heavy (non-hydrogen) atoms. The summed E-state index contributed by atoms with van der Waals surface area (Å²) in [6.45, 7) is 1.24. The van der Waals surface area contributed by atoms with E-state index >= 15 is 0 Å². The average Bonchev–Trinajstić information content (AvgIpc) is 2.00. The molecule has 0 aliphatic heterocycles. The van der Waals surface area contributed by atoms with E-state index < -0.39 is 24.4 Å². The van der Waals surface area contributed by atoms with Crippen LogP contribution < -0.4 is 0 Å². The maximum atomic E-state index is 9.87. The van der Waals surface area contributed by atoms with E-state index in [4.69, 9.17) is 20.4 Å². The molecule has 0 amide bonds. The van der Waals surface area contributed by atoms with Crippen molar-refractivity contribution in [2.45, 2.75) is 31.3 Å². The minimum Gasteiger partial charge on any atom is -0.391 e. The molecule has 0 spiro atoms. The molecule has 0 heterocycles. The van der Waals surface area contributed by atoms with Crippen molar-refractivity contribution in [1.82, 2.24) is 0 Å². The summed E-state index contributed by atoms with van der Waals surface area (Å²) in [6.07, 6.45) is -5.88. The predicted octanol–water partition coefficient (Wildman–Crippen LogP) is -2.35. The molecule has 0 aliphatic carbocycles. The molecule has 0 unspecified atom stereocenters. The Kier molecular flexibility index (Phi) is 4.20. The van der Waals surface area contributed by atoms with Crippen LogP contribution in [0.3, 0.4) is 0 Å². The smallest absolute Gasteiger partial charge is 0.151 e. The summed E-state index contributed by atoms with van der Waals surface area (Å²) in [4.78, 5) is 9.87. The fraction of sp³-hybridized carbons (Fsp3) is 0.833. The zero-order valence-electron chi connectivity index (χ0n) is 6.08. The van der Waals surface area contributed by atoms with Gasteiger partial charge in [-0.25, -0.2) is 0 Å². The minimum absolute atomic E-state index is 0.0935. The number of aldehydes is 1. The number of hydrogen-bond donors (Lipinski definition) is 4. The van der Waals surface area contributed by atoms with Gasteiger partial charge < -0.3 is 25.2 Å². The molecule has 0 saturated carbocycles. The normalized spacial score (nSPS) is 21.9. The number of hydrogen-bond acceptors (Lipinski definition) is 5. The second-order valence-corrected chi connectivity index (χ2v) is 2.35. The lowest BCUT2D eigenvalue weighted by Crippen LogP contribution is -2.43. The molecular weight excluding hydrogens is 153 g/mol. The first-order valence-electron chi connectivity index (χ1n) is 3.18. The Morgan fingerprint density at radius 1 is 1.09 bits per heavy atom. The summed E-state index contributed by atoms with van der Waals surface area (Å²) in [6, 6.07) is 0. The van der Waals surface area contributed by atoms with Crippen molar-refractivity contribution in [3.05, 3.63) is 0 Å². The number of rotatable bonds is 4. The first-order chi connectivity index (χ1) is 5.00. The molecule has 0 aromatic carbocycles. The van der Waals surface area contributed by atoms with E-state index in [-0.39, 0.29) is 6.29 Å². The van der Waals surface area contributed by atoms with E-state index in [1.165, 1.54) is 6.92 Å². The topological polar surface area (TPSA) is 98.0 Å². The molecule has 0 aromatic heterocycles. The highest BCUT2D eigenvalue weighted by atomic mass is 16.4. The molecule has 5 heteroatoms. The quantitative estimate of drug-likeness (QED) is 0.276. The van der Waals surface area contributed by atoms with Crippen LogP contribution in [0.25, 0.3) is 0 Å². The summed E-state index contributed by atoms with van der Waals surface area (Å²) >= 11 is 0. The van der Waals surface area contributed by atoms with Crippen molar-refractivity contribution in [2.75, 3.05) is 0 Å². The van der Waals surface area contributed by atoms with Crippen LogP contribution in [0.15, 0.2) is 0 Å². The van der Waals surface area contributed by atoms with Gasteiger partial charge in [0.05, 0.1) is 6.10 Å². The van der Waals surface area contributed by atoms with E-state index in [2.05, 4.69) is 0 Å². The summed E-state index contributed by atoms with van der Waals surface area (Å²) < 4.78 is 0. The third-order valence-corrected chi connectivity index (χ3v) is 1.33. The summed E-state index contributed by atoms with van der Waals surface area (Å²) in [5.74, 6) is 0. The van der Waals surface area contributed by atoms with Crippen molar-refractivity contribution in [3.8, 4) is 0 Å². The van der Waals surface area contributed by atoms with E-state index in [0.717, 1.165) is 0 Å². The summed E-state index contributed by atoms with van der Waals surface area (Å²) in [5, 5.41) is 35.1. The average molecular weight is 165 g/mol. The highest BCUT2D eigenvalue weighted by Gasteiger charge is 2.27. The third kappa shape index (κ3) is 2.94. The van der Waals surface area contributed by atoms with Gasteiger partial charge in [0.1, 0.15) is 18.3 Å². The molecule has 66 valence electrons. The van der Waals surface area contributed by atoms with E-state index in [1.807, 2.05) is 0 Å². The van der Waals surface area contributed by atoms with Crippen molar-refractivity contribution in [1.29, 1.82) is 0 Å². The molecule has 0 radical (unpaired) electrons. The number of aliphatic hydroxyl groups excluding tert-OH is 4. The van der Waals surface area contributed by atoms with E-state index in [0.29, 0.717) is 0 Å². The van der Waals surface area contributed by atoms with Gasteiger partial charge in [0.15, 0.2) is 6.29 Å². The molecule has 0 rings (SSSR count). The largest absolute Gasteiger partial charge is 0.391 e. The molecule has 4 N–H and O–H groups in total. The van der Waals surface area contributed by atoms with Crippen LogP contribution in [0, 0.1) is 0 Å². The lowest BCUT2D eigenvalue weighted by molar-refractivity contribution is -0.132.